The van der Waals surface area contributed by atoms with Crippen molar-refractivity contribution < 1.29 is 13.3 Å². The fraction of sp³-hybridized carbons (Fsp3) is 0. The number of anilines is 3. The molecule has 0 amide bonds. The van der Waals surface area contributed by atoms with Crippen molar-refractivity contribution in [2.75, 3.05) is 4.90 Å². The van der Waals surface area contributed by atoms with E-state index >= 15 is 0 Å². The zero-order chi connectivity index (χ0) is 28.8. The van der Waals surface area contributed by atoms with Gasteiger partial charge >= 0.3 is 0 Å². The molecule has 4 aromatic heterocycles. The molecule has 0 radical (unpaired) electrons. The van der Waals surface area contributed by atoms with Crippen molar-refractivity contribution in [3.63, 3.8) is 0 Å². The van der Waals surface area contributed by atoms with E-state index in [-0.39, 0.29) is 0 Å². The van der Waals surface area contributed by atoms with Crippen LogP contribution in [0.25, 0.3) is 76.6 Å². The summed E-state index contributed by atoms with van der Waals surface area (Å²) in [5.41, 5.74) is 8.32. The number of aromatic nitrogens is 1. The lowest BCUT2D eigenvalue weighted by atomic mass is 10.0. The first-order chi connectivity index (χ1) is 21.8. The number of nitrogens with zero attached hydrogens (tertiary/aromatic N) is 2. The Morgan fingerprint density at radius 3 is 1.68 bits per heavy atom. The van der Waals surface area contributed by atoms with Crippen molar-refractivity contribution >= 4 is 93.7 Å². The molecule has 6 aromatic carbocycles. The number of rotatable bonds is 3. The van der Waals surface area contributed by atoms with Gasteiger partial charge in [-0.2, -0.15) is 0 Å². The van der Waals surface area contributed by atoms with Crippen LogP contribution in [0.5, 0.6) is 0 Å². The molecular formula is C39H22N2O3. The van der Waals surface area contributed by atoms with Crippen LogP contribution < -0.4 is 4.90 Å². The van der Waals surface area contributed by atoms with Gasteiger partial charge in [-0.3, -0.25) is 4.98 Å². The Morgan fingerprint density at radius 1 is 0.409 bits per heavy atom. The number of hydrogen-bond acceptors (Lipinski definition) is 5. The van der Waals surface area contributed by atoms with Crippen LogP contribution in [0.3, 0.4) is 0 Å². The average Bonchev–Trinajstić information content (AvgIpc) is 3.76. The number of hydrogen-bond donors (Lipinski definition) is 0. The van der Waals surface area contributed by atoms with Crippen LogP contribution in [0.1, 0.15) is 0 Å². The molecule has 0 fully saturated rings. The molecule has 0 atom stereocenters. The second-order valence-corrected chi connectivity index (χ2v) is 11.2. The van der Waals surface area contributed by atoms with Crippen molar-refractivity contribution in [1.29, 1.82) is 0 Å². The van der Waals surface area contributed by atoms with Gasteiger partial charge in [-0.05, 0) is 84.2 Å². The molecule has 0 spiro atoms. The van der Waals surface area contributed by atoms with Crippen LogP contribution in [0.4, 0.5) is 17.1 Å². The molecule has 0 N–H and O–H groups in total. The molecule has 44 heavy (non-hydrogen) atoms. The predicted octanol–water partition coefficient (Wildman–Crippen LogP) is 11.4. The number of pyridine rings is 1. The van der Waals surface area contributed by atoms with E-state index in [0.29, 0.717) is 0 Å². The quantitative estimate of drug-likeness (QED) is 0.213. The molecule has 10 rings (SSSR count). The minimum atomic E-state index is 0.842. The molecule has 0 aliphatic heterocycles. The van der Waals surface area contributed by atoms with E-state index in [1.165, 1.54) is 0 Å². The summed E-state index contributed by atoms with van der Waals surface area (Å²) in [7, 11) is 0. The molecule has 4 heterocycles. The van der Waals surface area contributed by atoms with Crippen molar-refractivity contribution in [3.8, 4) is 0 Å². The molecule has 0 unspecified atom stereocenters. The van der Waals surface area contributed by atoms with Gasteiger partial charge in [0.05, 0.1) is 0 Å². The lowest BCUT2D eigenvalue weighted by Gasteiger charge is -2.26. The van der Waals surface area contributed by atoms with Crippen LogP contribution >= 0.6 is 0 Å². The maximum absolute atomic E-state index is 6.32. The van der Waals surface area contributed by atoms with Crippen LogP contribution in [0.2, 0.25) is 0 Å². The minimum Gasteiger partial charge on any atom is -0.456 e. The maximum Gasteiger partial charge on any atom is 0.143 e. The van der Waals surface area contributed by atoms with Crippen LogP contribution in [0, 0.1) is 0 Å². The maximum atomic E-state index is 6.32. The second kappa shape index (κ2) is 8.72. The highest BCUT2D eigenvalue weighted by atomic mass is 16.3. The standard InChI is InChI=1S/C39H22N2O3/c1-3-7-34-28(5-1)31-20-25(11-15-36(31)42-34)41(26-12-16-37-32(21-26)29-6-2-4-8-35(29)43-37)24-10-14-27-23(19-24)9-13-30-33-22-40-18-17-38(33)44-39(27)30/h1-22H. The van der Waals surface area contributed by atoms with E-state index in [2.05, 4.69) is 101 Å². The number of para-hydroxylation sites is 2. The summed E-state index contributed by atoms with van der Waals surface area (Å²) >= 11 is 0. The van der Waals surface area contributed by atoms with Gasteiger partial charge in [0.1, 0.15) is 33.5 Å². The zero-order valence-corrected chi connectivity index (χ0v) is 23.3. The Bertz CT molecular complexity index is 2630. The average molecular weight is 567 g/mol. The largest absolute Gasteiger partial charge is 0.456 e. The topological polar surface area (TPSA) is 55.6 Å². The highest BCUT2D eigenvalue weighted by molar-refractivity contribution is 6.15. The van der Waals surface area contributed by atoms with Gasteiger partial charge in [0.25, 0.3) is 0 Å². The summed E-state index contributed by atoms with van der Waals surface area (Å²) in [6.45, 7) is 0. The Labute approximate surface area is 250 Å². The summed E-state index contributed by atoms with van der Waals surface area (Å²) in [6, 6.07) is 42.0. The van der Waals surface area contributed by atoms with E-state index in [1.807, 2.05) is 36.5 Å². The van der Waals surface area contributed by atoms with Crippen molar-refractivity contribution in [3.05, 3.63) is 134 Å². The van der Waals surface area contributed by atoms with Gasteiger partial charge in [-0.25, -0.2) is 0 Å². The first-order valence-corrected chi connectivity index (χ1v) is 14.6. The number of fused-ring (bicyclic) bond motifs is 11. The van der Waals surface area contributed by atoms with Gasteiger partial charge in [-0.1, -0.05) is 42.5 Å². The highest BCUT2D eigenvalue weighted by Gasteiger charge is 2.19. The molecule has 0 aliphatic rings. The fourth-order valence-corrected chi connectivity index (χ4v) is 6.69. The summed E-state index contributed by atoms with van der Waals surface area (Å²) < 4.78 is 18.7. The monoisotopic (exact) mass is 566 g/mol. The lowest BCUT2D eigenvalue weighted by molar-refractivity contribution is 0.668. The van der Waals surface area contributed by atoms with Crippen molar-refractivity contribution in [2.24, 2.45) is 0 Å². The van der Waals surface area contributed by atoms with Crippen molar-refractivity contribution in [2.45, 2.75) is 0 Å². The summed E-state index contributed by atoms with van der Waals surface area (Å²) in [5, 5.41) is 8.61. The van der Waals surface area contributed by atoms with Crippen LogP contribution in [-0.2, 0) is 0 Å². The van der Waals surface area contributed by atoms with Crippen molar-refractivity contribution in [1.82, 2.24) is 4.98 Å². The molecule has 5 nitrogen and oxygen atoms in total. The van der Waals surface area contributed by atoms with E-state index in [0.717, 1.165) is 93.7 Å². The Hall–Kier alpha value is -6.07. The molecule has 206 valence electrons. The van der Waals surface area contributed by atoms with Gasteiger partial charge in [0.15, 0.2) is 0 Å². The summed E-state index contributed by atoms with van der Waals surface area (Å²) in [6.07, 6.45) is 3.64. The molecule has 10 aromatic rings. The molecular weight excluding hydrogens is 544 g/mol. The predicted molar refractivity (Wildman–Crippen MR) is 178 cm³/mol. The summed E-state index contributed by atoms with van der Waals surface area (Å²) in [4.78, 5) is 6.61. The minimum absolute atomic E-state index is 0.842. The smallest absolute Gasteiger partial charge is 0.143 e. The van der Waals surface area contributed by atoms with E-state index in [9.17, 15) is 0 Å². The first kappa shape index (κ1) is 23.5. The molecule has 5 heteroatoms. The second-order valence-electron chi connectivity index (χ2n) is 11.2. The fourth-order valence-electron chi connectivity index (χ4n) is 6.69. The lowest BCUT2D eigenvalue weighted by Crippen LogP contribution is -2.09. The summed E-state index contributed by atoms with van der Waals surface area (Å²) in [5.74, 6) is 0. The van der Waals surface area contributed by atoms with Crippen LogP contribution in [0.15, 0.2) is 147 Å². The number of benzene rings is 6. The molecule has 0 saturated heterocycles. The number of furan rings is 3. The highest BCUT2D eigenvalue weighted by Crippen LogP contribution is 2.43. The Morgan fingerprint density at radius 2 is 0.977 bits per heavy atom. The van der Waals surface area contributed by atoms with Gasteiger partial charge in [0.2, 0.25) is 0 Å². The van der Waals surface area contributed by atoms with E-state index in [4.69, 9.17) is 13.3 Å². The molecule has 0 bridgehead atoms. The third-order valence-corrected chi connectivity index (χ3v) is 8.73. The van der Waals surface area contributed by atoms with Gasteiger partial charge in [-0.15, -0.1) is 0 Å². The first-order valence-electron chi connectivity index (χ1n) is 14.6. The third-order valence-electron chi connectivity index (χ3n) is 8.73. The normalized spacial score (nSPS) is 12.1. The Balaban J connectivity index is 1.22. The van der Waals surface area contributed by atoms with E-state index < -0.39 is 0 Å². The van der Waals surface area contributed by atoms with E-state index in [1.54, 1.807) is 6.20 Å². The zero-order valence-electron chi connectivity index (χ0n) is 23.3. The third kappa shape index (κ3) is 3.32. The SMILES string of the molecule is c1ccc2c(c1)oc1ccc(N(c3ccc4c(ccc5c6cnccc6oc45)c3)c3ccc4oc5ccccc5c4c3)cc12. The Kier molecular flexibility index (Phi) is 4.66. The van der Waals surface area contributed by atoms with Crippen LogP contribution in [-0.4, -0.2) is 4.98 Å². The molecule has 0 saturated carbocycles. The van der Waals surface area contributed by atoms with Gasteiger partial charge < -0.3 is 18.2 Å². The van der Waals surface area contributed by atoms with Gasteiger partial charge in [0, 0.05) is 67.2 Å². The molecule has 0 aliphatic carbocycles.